The summed E-state index contributed by atoms with van der Waals surface area (Å²) in [4.78, 5) is 11.5. The topological polar surface area (TPSA) is 41.7 Å². The summed E-state index contributed by atoms with van der Waals surface area (Å²) in [5.74, 6) is 1.57. The molecule has 1 aliphatic heterocycles. The van der Waals surface area contributed by atoms with Crippen molar-refractivity contribution in [1.82, 2.24) is 9.88 Å². The maximum Gasteiger partial charge on any atom is 0.172 e. The van der Waals surface area contributed by atoms with E-state index in [-0.39, 0.29) is 0 Å². The smallest absolute Gasteiger partial charge is 0.172 e. The van der Waals surface area contributed by atoms with Gasteiger partial charge >= 0.3 is 0 Å². The maximum absolute atomic E-state index is 5.74. The zero-order chi connectivity index (χ0) is 40.7. The molecule has 13 rings (SSSR count). The van der Waals surface area contributed by atoms with E-state index in [0.717, 1.165) is 72.4 Å². The van der Waals surface area contributed by atoms with E-state index in [2.05, 4.69) is 216 Å². The van der Waals surface area contributed by atoms with Crippen LogP contribution in [0.1, 0.15) is 22.9 Å². The number of fused-ring (bicyclic) bond motifs is 10. The molecule has 12 aromatic rings. The molecule has 0 radical (unpaired) electrons. The Morgan fingerprint density at radius 1 is 0.419 bits per heavy atom. The van der Waals surface area contributed by atoms with Crippen molar-refractivity contribution in [3.63, 3.8) is 0 Å². The van der Waals surface area contributed by atoms with Gasteiger partial charge in [0.05, 0.1) is 16.7 Å². The Morgan fingerprint density at radius 2 is 1.03 bits per heavy atom. The minimum Gasteiger partial charge on any atom is -0.324 e. The number of rotatable bonds is 5. The molecule has 1 aliphatic rings. The summed E-state index contributed by atoms with van der Waals surface area (Å²) < 4.78 is 5.05. The molecule has 0 aliphatic carbocycles. The number of thiophene rings is 1. The van der Waals surface area contributed by atoms with E-state index in [9.17, 15) is 0 Å². The van der Waals surface area contributed by atoms with Crippen LogP contribution in [-0.2, 0) is 0 Å². The number of nitrogens with zero attached hydrogens (tertiary/aromatic N) is 3. The van der Waals surface area contributed by atoms with Gasteiger partial charge in [-0.1, -0.05) is 176 Å². The third-order valence-corrected chi connectivity index (χ3v) is 13.8. The van der Waals surface area contributed by atoms with Crippen LogP contribution in [0.2, 0.25) is 0 Å². The SMILES string of the molecule is c1ccc(-c2cccc(C3=NC(c4c(-n5c6ccccc6c6cc7ccccc7cc65)c5c6ccccc6sc5c5ccccc45)N=C(c4cccc5ccccc45)N3)c2)cc1. The number of aliphatic imine (C=N–C) groups is 2. The molecule has 0 saturated carbocycles. The van der Waals surface area contributed by atoms with E-state index in [1.54, 1.807) is 0 Å². The third kappa shape index (κ3) is 5.38. The first-order chi connectivity index (χ1) is 30.7. The van der Waals surface area contributed by atoms with Crippen molar-refractivity contribution in [3.8, 4) is 16.8 Å². The summed E-state index contributed by atoms with van der Waals surface area (Å²) in [5, 5.41) is 15.8. The molecular formula is C57H36N4S. The van der Waals surface area contributed by atoms with Crippen molar-refractivity contribution >= 4 is 97.3 Å². The Balaban J connectivity index is 1.19. The second kappa shape index (κ2) is 13.8. The van der Waals surface area contributed by atoms with Gasteiger partial charge in [-0.2, -0.15) is 0 Å². The molecule has 62 heavy (non-hydrogen) atoms. The van der Waals surface area contributed by atoms with Gasteiger partial charge in [-0.05, 0) is 68.4 Å². The van der Waals surface area contributed by atoms with Crippen LogP contribution < -0.4 is 5.32 Å². The van der Waals surface area contributed by atoms with E-state index in [0.29, 0.717) is 0 Å². The number of amidine groups is 2. The molecule has 0 bridgehead atoms. The fraction of sp³-hybridized carbons (Fsp3) is 0.0175. The molecular weight excluding hydrogens is 773 g/mol. The Bertz CT molecular complexity index is 3850. The fourth-order valence-corrected chi connectivity index (χ4v) is 11.1. The first-order valence-electron chi connectivity index (χ1n) is 21.1. The van der Waals surface area contributed by atoms with Gasteiger partial charge in [0.25, 0.3) is 0 Å². The van der Waals surface area contributed by atoms with E-state index < -0.39 is 6.17 Å². The molecule has 4 nitrogen and oxygen atoms in total. The van der Waals surface area contributed by atoms with Crippen molar-refractivity contribution in [1.29, 1.82) is 0 Å². The lowest BCUT2D eigenvalue weighted by atomic mass is 9.95. The molecule has 0 saturated heterocycles. The Morgan fingerprint density at radius 3 is 1.89 bits per heavy atom. The predicted octanol–water partition coefficient (Wildman–Crippen LogP) is 14.8. The Kier molecular flexibility index (Phi) is 7.81. The lowest BCUT2D eigenvalue weighted by molar-refractivity contribution is 0.758. The van der Waals surface area contributed by atoms with Gasteiger partial charge in [0.1, 0.15) is 11.7 Å². The number of para-hydroxylation sites is 1. The van der Waals surface area contributed by atoms with Gasteiger partial charge in [-0.15, -0.1) is 11.3 Å². The van der Waals surface area contributed by atoms with Crippen LogP contribution in [0.25, 0.3) is 91.1 Å². The zero-order valence-electron chi connectivity index (χ0n) is 33.5. The summed E-state index contributed by atoms with van der Waals surface area (Å²) in [7, 11) is 0. The van der Waals surface area contributed by atoms with Crippen molar-refractivity contribution in [2.45, 2.75) is 6.17 Å². The van der Waals surface area contributed by atoms with Crippen molar-refractivity contribution in [2.75, 3.05) is 0 Å². The molecule has 2 aromatic heterocycles. The summed E-state index contributed by atoms with van der Waals surface area (Å²) in [6.45, 7) is 0. The molecule has 1 N–H and O–H groups in total. The Hall–Kier alpha value is -7.86. The summed E-state index contributed by atoms with van der Waals surface area (Å²) in [6, 6.07) is 74.4. The largest absolute Gasteiger partial charge is 0.324 e. The standard InChI is InChI=1S/C57H36N4S/c1-2-16-35(17-3-1)37-22-14-23-40(32-37)55-58-56(45-29-15-21-36-18-6-7-24-41(36)45)60-57(59-55)52-43-26-8-9-27-44(43)54-51(46-28-11-13-31-50(46)62-54)53(52)61-48-30-12-10-25-42(48)47-33-38-19-4-5-20-39(38)34-49(47)61/h1-34,57H,(H,58,59,60). The average molecular weight is 809 g/mol. The van der Waals surface area contributed by atoms with E-state index in [4.69, 9.17) is 9.98 Å². The highest BCUT2D eigenvalue weighted by atomic mass is 32.1. The Labute approximate surface area is 361 Å². The van der Waals surface area contributed by atoms with Crippen molar-refractivity contribution in [3.05, 3.63) is 223 Å². The average Bonchev–Trinajstić information content (AvgIpc) is 3.89. The van der Waals surface area contributed by atoms with E-state index in [1.165, 1.54) is 47.1 Å². The van der Waals surface area contributed by atoms with Gasteiger partial charge in [0, 0.05) is 53.0 Å². The zero-order valence-corrected chi connectivity index (χ0v) is 34.3. The number of aromatic nitrogens is 1. The molecule has 0 amide bonds. The molecule has 5 heteroatoms. The van der Waals surface area contributed by atoms with Crippen molar-refractivity contribution in [2.24, 2.45) is 9.98 Å². The fourth-order valence-electron chi connectivity index (χ4n) is 9.81. The first kappa shape index (κ1) is 34.9. The minimum absolute atomic E-state index is 0.611. The molecule has 1 atom stereocenters. The molecule has 0 spiro atoms. The lowest BCUT2D eigenvalue weighted by Crippen LogP contribution is -2.36. The molecule has 290 valence electrons. The van der Waals surface area contributed by atoms with Crippen LogP contribution in [0.15, 0.2) is 216 Å². The van der Waals surface area contributed by atoms with Gasteiger partial charge in [-0.3, -0.25) is 0 Å². The summed E-state index contributed by atoms with van der Waals surface area (Å²) >= 11 is 1.87. The lowest BCUT2D eigenvalue weighted by Gasteiger charge is -2.27. The summed E-state index contributed by atoms with van der Waals surface area (Å²) in [5.41, 5.74) is 8.83. The van der Waals surface area contributed by atoms with Crippen molar-refractivity contribution < 1.29 is 0 Å². The normalized spacial score (nSPS) is 14.3. The summed E-state index contributed by atoms with van der Waals surface area (Å²) in [6.07, 6.45) is -0.611. The maximum atomic E-state index is 5.74. The van der Waals surface area contributed by atoms with Crippen LogP contribution in [-0.4, -0.2) is 16.2 Å². The highest BCUT2D eigenvalue weighted by molar-refractivity contribution is 7.26. The van der Waals surface area contributed by atoms with Crippen LogP contribution in [0, 0.1) is 0 Å². The van der Waals surface area contributed by atoms with Crippen LogP contribution in [0.5, 0.6) is 0 Å². The molecule has 3 heterocycles. The predicted molar refractivity (Wildman–Crippen MR) is 263 cm³/mol. The second-order valence-corrected chi connectivity index (χ2v) is 17.2. The van der Waals surface area contributed by atoms with Crippen LogP contribution in [0.3, 0.4) is 0 Å². The first-order valence-corrected chi connectivity index (χ1v) is 21.9. The molecule has 10 aromatic carbocycles. The highest BCUT2D eigenvalue weighted by Gasteiger charge is 2.30. The van der Waals surface area contributed by atoms with E-state index >= 15 is 0 Å². The second-order valence-electron chi connectivity index (χ2n) is 16.1. The number of hydrogen-bond acceptors (Lipinski definition) is 4. The monoisotopic (exact) mass is 808 g/mol. The third-order valence-electron chi connectivity index (χ3n) is 12.6. The number of hydrogen-bond donors (Lipinski definition) is 1. The van der Waals surface area contributed by atoms with Gasteiger partial charge < -0.3 is 9.88 Å². The van der Waals surface area contributed by atoms with Gasteiger partial charge in [-0.25, -0.2) is 9.98 Å². The number of nitrogens with one attached hydrogen (secondary N) is 1. The highest BCUT2D eigenvalue weighted by Crippen LogP contribution is 2.49. The van der Waals surface area contributed by atoms with Crippen LogP contribution >= 0.6 is 11.3 Å². The minimum atomic E-state index is -0.611. The number of benzene rings is 10. The van der Waals surface area contributed by atoms with Gasteiger partial charge in [0.15, 0.2) is 6.17 Å². The van der Waals surface area contributed by atoms with Gasteiger partial charge in [0.2, 0.25) is 0 Å². The molecule has 1 unspecified atom stereocenters. The van der Waals surface area contributed by atoms with E-state index in [1.807, 2.05) is 11.3 Å². The van der Waals surface area contributed by atoms with Crippen LogP contribution in [0.4, 0.5) is 0 Å². The molecule has 0 fully saturated rings. The quantitative estimate of drug-likeness (QED) is 0.185.